The SMILES string of the molecule is COC(=O)C1(C)OCc2cccc3cccc1c23. The van der Waals surface area contributed by atoms with Crippen molar-refractivity contribution in [1.82, 2.24) is 0 Å². The third-order valence-electron chi connectivity index (χ3n) is 3.60. The van der Waals surface area contributed by atoms with Gasteiger partial charge >= 0.3 is 5.97 Å². The fourth-order valence-corrected chi connectivity index (χ4v) is 2.60. The average molecular weight is 242 g/mol. The normalized spacial score (nSPS) is 21.9. The molecule has 3 heteroatoms. The summed E-state index contributed by atoms with van der Waals surface area (Å²) in [5.41, 5.74) is 0.987. The van der Waals surface area contributed by atoms with Crippen molar-refractivity contribution in [2.45, 2.75) is 19.1 Å². The van der Waals surface area contributed by atoms with Crippen LogP contribution < -0.4 is 0 Å². The molecule has 1 aliphatic rings. The number of rotatable bonds is 1. The maximum Gasteiger partial charge on any atom is 0.342 e. The minimum atomic E-state index is -1.01. The largest absolute Gasteiger partial charge is 0.467 e. The van der Waals surface area contributed by atoms with E-state index < -0.39 is 5.60 Å². The maximum absolute atomic E-state index is 12.0. The standard InChI is InChI=1S/C15H14O3/c1-15(14(16)17-2)12-8-4-6-10-5-3-7-11(9-18-15)13(10)12/h3-8H,9H2,1-2H3. The highest BCUT2D eigenvalue weighted by Crippen LogP contribution is 2.39. The molecule has 0 radical (unpaired) electrons. The summed E-state index contributed by atoms with van der Waals surface area (Å²) in [4.78, 5) is 12.0. The van der Waals surface area contributed by atoms with E-state index in [0.29, 0.717) is 6.61 Å². The molecule has 0 saturated carbocycles. The second-order valence-electron chi connectivity index (χ2n) is 4.63. The highest BCUT2D eigenvalue weighted by molar-refractivity contribution is 5.95. The van der Waals surface area contributed by atoms with Gasteiger partial charge in [-0.05, 0) is 23.3 Å². The van der Waals surface area contributed by atoms with E-state index in [1.165, 1.54) is 7.11 Å². The summed E-state index contributed by atoms with van der Waals surface area (Å²) in [5.74, 6) is -0.357. The Kier molecular flexibility index (Phi) is 2.38. The minimum Gasteiger partial charge on any atom is -0.467 e. The zero-order valence-electron chi connectivity index (χ0n) is 10.4. The molecule has 0 N–H and O–H groups in total. The zero-order valence-corrected chi connectivity index (χ0v) is 10.4. The van der Waals surface area contributed by atoms with E-state index >= 15 is 0 Å². The molecule has 1 heterocycles. The first-order valence-corrected chi connectivity index (χ1v) is 5.90. The second kappa shape index (κ2) is 3.82. The van der Waals surface area contributed by atoms with E-state index in [-0.39, 0.29) is 5.97 Å². The van der Waals surface area contributed by atoms with Gasteiger partial charge in [0.15, 0.2) is 5.60 Å². The summed E-state index contributed by atoms with van der Waals surface area (Å²) in [7, 11) is 1.39. The lowest BCUT2D eigenvalue weighted by atomic mass is 9.86. The van der Waals surface area contributed by atoms with Gasteiger partial charge in [-0.3, -0.25) is 0 Å². The Hall–Kier alpha value is -1.87. The van der Waals surface area contributed by atoms with Gasteiger partial charge in [-0.2, -0.15) is 0 Å². The summed E-state index contributed by atoms with van der Waals surface area (Å²) in [6.45, 7) is 2.20. The predicted molar refractivity (Wildman–Crippen MR) is 68.1 cm³/mol. The van der Waals surface area contributed by atoms with Gasteiger partial charge in [0.05, 0.1) is 13.7 Å². The fourth-order valence-electron chi connectivity index (χ4n) is 2.60. The van der Waals surface area contributed by atoms with Crippen molar-refractivity contribution in [3.63, 3.8) is 0 Å². The molecule has 0 aromatic heterocycles. The van der Waals surface area contributed by atoms with Crippen molar-refractivity contribution in [1.29, 1.82) is 0 Å². The van der Waals surface area contributed by atoms with Crippen LogP contribution in [0.2, 0.25) is 0 Å². The van der Waals surface area contributed by atoms with Crippen LogP contribution >= 0.6 is 0 Å². The first kappa shape index (κ1) is 11.2. The van der Waals surface area contributed by atoms with Gasteiger partial charge in [-0.25, -0.2) is 4.79 Å². The van der Waals surface area contributed by atoms with Crippen LogP contribution in [0.25, 0.3) is 10.8 Å². The minimum absolute atomic E-state index is 0.357. The van der Waals surface area contributed by atoms with E-state index in [0.717, 1.165) is 21.9 Å². The molecule has 1 unspecified atom stereocenters. The smallest absolute Gasteiger partial charge is 0.342 e. The van der Waals surface area contributed by atoms with Crippen LogP contribution in [0.3, 0.4) is 0 Å². The van der Waals surface area contributed by atoms with E-state index in [2.05, 4.69) is 0 Å². The molecule has 92 valence electrons. The van der Waals surface area contributed by atoms with Crippen LogP contribution in [0, 0.1) is 0 Å². The highest BCUT2D eigenvalue weighted by Gasteiger charge is 2.41. The lowest BCUT2D eigenvalue weighted by Gasteiger charge is -2.33. The number of esters is 1. The van der Waals surface area contributed by atoms with Gasteiger partial charge in [0, 0.05) is 5.56 Å². The molecule has 0 amide bonds. The Morgan fingerprint density at radius 1 is 1.28 bits per heavy atom. The molecule has 0 fully saturated rings. The Bertz CT molecular complexity index is 627. The van der Waals surface area contributed by atoms with Crippen LogP contribution in [0.1, 0.15) is 18.1 Å². The van der Waals surface area contributed by atoms with Gasteiger partial charge in [0.25, 0.3) is 0 Å². The molecule has 1 atom stereocenters. The van der Waals surface area contributed by atoms with E-state index in [1.807, 2.05) is 36.4 Å². The second-order valence-corrected chi connectivity index (χ2v) is 4.63. The average Bonchev–Trinajstić information content (AvgIpc) is 2.42. The summed E-state index contributed by atoms with van der Waals surface area (Å²) in [6, 6.07) is 12.0. The predicted octanol–water partition coefficient (Wildman–Crippen LogP) is 2.76. The fraction of sp³-hybridized carbons (Fsp3) is 0.267. The quantitative estimate of drug-likeness (QED) is 0.721. The molecule has 2 aromatic rings. The molecule has 3 rings (SSSR count). The number of benzene rings is 2. The van der Waals surface area contributed by atoms with Crippen LogP contribution in [0.4, 0.5) is 0 Å². The topological polar surface area (TPSA) is 35.5 Å². The van der Waals surface area contributed by atoms with Crippen LogP contribution in [-0.4, -0.2) is 13.1 Å². The van der Waals surface area contributed by atoms with E-state index in [1.54, 1.807) is 6.92 Å². The van der Waals surface area contributed by atoms with Gasteiger partial charge < -0.3 is 9.47 Å². The maximum atomic E-state index is 12.0. The molecule has 0 aliphatic carbocycles. The molecular formula is C15H14O3. The molecular weight excluding hydrogens is 228 g/mol. The zero-order chi connectivity index (χ0) is 12.8. The third-order valence-corrected chi connectivity index (χ3v) is 3.60. The Labute approximate surface area is 105 Å². The lowest BCUT2D eigenvalue weighted by Crippen LogP contribution is -2.38. The van der Waals surface area contributed by atoms with Crippen molar-refractivity contribution in [3.8, 4) is 0 Å². The molecule has 18 heavy (non-hydrogen) atoms. The Morgan fingerprint density at radius 3 is 2.72 bits per heavy atom. The van der Waals surface area contributed by atoms with Crippen molar-refractivity contribution >= 4 is 16.7 Å². The number of carbonyl (C=O) groups is 1. The summed E-state index contributed by atoms with van der Waals surface area (Å²) < 4.78 is 10.6. The van der Waals surface area contributed by atoms with Gasteiger partial charge in [-0.1, -0.05) is 36.4 Å². The Balaban J connectivity index is 2.34. The van der Waals surface area contributed by atoms with Gasteiger partial charge in [-0.15, -0.1) is 0 Å². The van der Waals surface area contributed by atoms with Crippen molar-refractivity contribution in [2.24, 2.45) is 0 Å². The first-order valence-electron chi connectivity index (χ1n) is 5.90. The number of ether oxygens (including phenoxy) is 2. The number of carbonyl (C=O) groups excluding carboxylic acids is 1. The summed E-state index contributed by atoms with van der Waals surface area (Å²) in [5, 5.41) is 2.24. The molecule has 0 spiro atoms. The van der Waals surface area contributed by atoms with Crippen molar-refractivity contribution in [3.05, 3.63) is 47.5 Å². The summed E-state index contributed by atoms with van der Waals surface area (Å²) in [6.07, 6.45) is 0. The van der Waals surface area contributed by atoms with E-state index in [9.17, 15) is 4.79 Å². The molecule has 0 saturated heterocycles. The number of hydrogen-bond acceptors (Lipinski definition) is 3. The van der Waals surface area contributed by atoms with Crippen LogP contribution in [0.5, 0.6) is 0 Å². The lowest BCUT2D eigenvalue weighted by molar-refractivity contribution is -0.171. The monoisotopic (exact) mass is 242 g/mol. The van der Waals surface area contributed by atoms with Crippen LogP contribution in [-0.2, 0) is 26.5 Å². The number of methoxy groups -OCH3 is 1. The van der Waals surface area contributed by atoms with Crippen LogP contribution in [0.15, 0.2) is 36.4 Å². The first-order chi connectivity index (χ1) is 8.66. The van der Waals surface area contributed by atoms with Gasteiger partial charge in [0.1, 0.15) is 0 Å². The third kappa shape index (κ3) is 1.37. The van der Waals surface area contributed by atoms with Crippen molar-refractivity contribution < 1.29 is 14.3 Å². The molecule has 3 nitrogen and oxygen atoms in total. The van der Waals surface area contributed by atoms with Crippen molar-refractivity contribution in [2.75, 3.05) is 7.11 Å². The summed E-state index contributed by atoms with van der Waals surface area (Å²) >= 11 is 0. The number of hydrogen-bond donors (Lipinski definition) is 0. The van der Waals surface area contributed by atoms with E-state index in [4.69, 9.17) is 9.47 Å². The highest BCUT2D eigenvalue weighted by atomic mass is 16.6. The Morgan fingerprint density at radius 2 is 2.00 bits per heavy atom. The molecule has 1 aliphatic heterocycles. The molecule has 0 bridgehead atoms. The van der Waals surface area contributed by atoms with Gasteiger partial charge in [0.2, 0.25) is 0 Å². The molecule has 2 aromatic carbocycles.